The van der Waals surface area contributed by atoms with Gasteiger partial charge in [-0.2, -0.15) is 17.0 Å². The van der Waals surface area contributed by atoms with Gasteiger partial charge in [0.15, 0.2) is 0 Å². The van der Waals surface area contributed by atoms with E-state index in [1.165, 1.54) is 32.1 Å². The molecule has 154 valence electrons. The van der Waals surface area contributed by atoms with Crippen molar-refractivity contribution in [2.75, 3.05) is 32.7 Å². The van der Waals surface area contributed by atoms with E-state index in [4.69, 9.17) is 0 Å². The van der Waals surface area contributed by atoms with E-state index in [1.54, 1.807) is 14.8 Å². The number of nitrogens with zero attached hydrogens (tertiary/aromatic N) is 4. The first kappa shape index (κ1) is 21.0. The van der Waals surface area contributed by atoms with Crippen molar-refractivity contribution in [3.8, 4) is 0 Å². The number of hydrogen-bond donors (Lipinski definition) is 1. The Kier molecular flexibility index (Phi) is 6.52. The molecule has 1 aromatic heterocycles. The van der Waals surface area contributed by atoms with Crippen molar-refractivity contribution in [3.05, 3.63) is 18.2 Å². The minimum absolute atomic E-state index is 0. The Bertz CT molecular complexity index is 722. The monoisotopic (exact) mass is 417 g/mol. The number of hydrogen-bond acceptors (Lipinski definition) is 4. The van der Waals surface area contributed by atoms with Gasteiger partial charge in [0.25, 0.3) is 10.2 Å². The smallest absolute Gasteiger partial charge is 0.282 e. The van der Waals surface area contributed by atoms with Crippen LogP contribution in [0.15, 0.2) is 12.4 Å². The normalized spacial score (nSPS) is 27.4. The van der Waals surface area contributed by atoms with Crippen molar-refractivity contribution in [2.45, 2.75) is 51.0 Å². The summed E-state index contributed by atoms with van der Waals surface area (Å²) in [6.45, 7) is 3.14. The van der Waals surface area contributed by atoms with E-state index < -0.39 is 10.2 Å². The molecule has 1 N–H and O–H groups in total. The van der Waals surface area contributed by atoms with Crippen molar-refractivity contribution in [1.29, 1.82) is 0 Å². The van der Waals surface area contributed by atoms with Crippen LogP contribution in [0.5, 0.6) is 0 Å². The second-order valence-corrected chi connectivity index (χ2v) is 10.1. The number of halogens is 1. The summed E-state index contributed by atoms with van der Waals surface area (Å²) < 4.78 is 32.2. The molecule has 3 aliphatic rings. The lowest BCUT2D eigenvalue weighted by Gasteiger charge is -2.45. The van der Waals surface area contributed by atoms with E-state index in [-0.39, 0.29) is 18.4 Å². The van der Waals surface area contributed by atoms with Gasteiger partial charge in [0.2, 0.25) is 0 Å². The maximum atomic E-state index is 13.4. The topological polar surface area (TPSA) is 70.5 Å². The van der Waals surface area contributed by atoms with Gasteiger partial charge in [-0.05, 0) is 31.1 Å². The maximum absolute atomic E-state index is 13.4. The number of imidazole rings is 1. The third kappa shape index (κ3) is 4.05. The fourth-order valence-electron chi connectivity index (χ4n) is 5.02. The largest absolute Gasteiger partial charge is 0.337 e. The summed E-state index contributed by atoms with van der Waals surface area (Å²) in [7, 11) is -1.53. The first-order chi connectivity index (χ1) is 12.5. The van der Waals surface area contributed by atoms with E-state index in [2.05, 4.69) is 10.3 Å². The molecule has 2 saturated heterocycles. The molecule has 4 rings (SSSR count). The number of piperazine rings is 1. The Labute approximate surface area is 169 Å². The van der Waals surface area contributed by atoms with Crippen LogP contribution in [0.1, 0.15) is 56.8 Å². The van der Waals surface area contributed by atoms with Crippen LogP contribution in [-0.4, -0.2) is 59.3 Å². The van der Waals surface area contributed by atoms with Crippen LogP contribution in [0.3, 0.4) is 0 Å². The summed E-state index contributed by atoms with van der Waals surface area (Å²) in [5.74, 6) is 0.807. The summed E-state index contributed by atoms with van der Waals surface area (Å²) in [6.07, 6.45) is 12.2. The average Bonchev–Trinajstić information content (AvgIpc) is 3.09. The molecule has 27 heavy (non-hydrogen) atoms. The van der Waals surface area contributed by atoms with Gasteiger partial charge in [0.1, 0.15) is 5.82 Å². The molecule has 0 aromatic carbocycles. The Morgan fingerprint density at radius 1 is 1.11 bits per heavy atom. The van der Waals surface area contributed by atoms with E-state index in [1.807, 2.05) is 17.8 Å². The zero-order chi connectivity index (χ0) is 18.2. The molecule has 1 aromatic rings. The summed E-state index contributed by atoms with van der Waals surface area (Å²) in [5.41, 5.74) is 0.410. The maximum Gasteiger partial charge on any atom is 0.282 e. The molecule has 1 saturated carbocycles. The molecule has 9 heteroatoms. The first-order valence-electron chi connectivity index (χ1n) is 9.97. The van der Waals surface area contributed by atoms with Gasteiger partial charge in [-0.3, -0.25) is 0 Å². The van der Waals surface area contributed by atoms with Crippen molar-refractivity contribution in [2.24, 2.45) is 12.5 Å². The van der Waals surface area contributed by atoms with E-state index in [0.29, 0.717) is 38.1 Å². The lowest BCUT2D eigenvalue weighted by Crippen LogP contribution is -2.55. The van der Waals surface area contributed by atoms with Crippen molar-refractivity contribution >= 4 is 22.6 Å². The van der Waals surface area contributed by atoms with E-state index >= 15 is 0 Å². The fourth-order valence-corrected chi connectivity index (χ4v) is 6.77. The van der Waals surface area contributed by atoms with Crippen LogP contribution in [-0.2, 0) is 17.3 Å². The summed E-state index contributed by atoms with van der Waals surface area (Å²) in [4.78, 5) is 4.41. The highest BCUT2D eigenvalue weighted by Gasteiger charge is 2.43. The van der Waals surface area contributed by atoms with Crippen molar-refractivity contribution in [1.82, 2.24) is 23.5 Å². The Morgan fingerprint density at radius 2 is 1.81 bits per heavy atom. The second-order valence-electron chi connectivity index (χ2n) is 8.19. The average molecular weight is 418 g/mol. The molecule has 0 radical (unpaired) electrons. The number of aromatic nitrogens is 2. The molecule has 1 aliphatic carbocycles. The highest BCUT2D eigenvalue weighted by atomic mass is 35.5. The minimum atomic E-state index is -3.46. The van der Waals surface area contributed by atoms with Crippen molar-refractivity contribution < 1.29 is 8.42 Å². The third-order valence-electron chi connectivity index (χ3n) is 6.67. The predicted molar refractivity (Wildman–Crippen MR) is 108 cm³/mol. The number of aryl methyl sites for hydroxylation is 1. The standard InChI is InChI=1S/C18H31N5O2S.ClH/c1-21-13-10-20-17(21)16-15-19-9-14-23(16)26(24,25)22-11-7-18(8-12-22)5-3-2-4-6-18;/h10,13,16,19H,2-9,11-12,14-15H2,1H3;1H. The van der Waals surface area contributed by atoms with Crippen LogP contribution in [0.25, 0.3) is 0 Å². The molecule has 3 heterocycles. The third-order valence-corrected chi connectivity index (χ3v) is 8.72. The highest BCUT2D eigenvalue weighted by Crippen LogP contribution is 2.45. The number of piperidine rings is 1. The van der Waals surface area contributed by atoms with Gasteiger partial charge >= 0.3 is 0 Å². The van der Waals surface area contributed by atoms with Gasteiger partial charge < -0.3 is 9.88 Å². The molecular weight excluding hydrogens is 386 g/mol. The Morgan fingerprint density at radius 3 is 2.44 bits per heavy atom. The fraction of sp³-hybridized carbons (Fsp3) is 0.833. The van der Waals surface area contributed by atoms with Crippen LogP contribution in [0, 0.1) is 5.41 Å². The highest BCUT2D eigenvalue weighted by molar-refractivity contribution is 7.86. The second kappa shape index (κ2) is 8.37. The van der Waals surface area contributed by atoms with E-state index in [9.17, 15) is 8.42 Å². The zero-order valence-electron chi connectivity index (χ0n) is 16.1. The lowest BCUT2D eigenvalue weighted by molar-refractivity contribution is 0.0971. The molecule has 7 nitrogen and oxygen atoms in total. The molecule has 0 bridgehead atoms. The molecule has 1 spiro atoms. The minimum Gasteiger partial charge on any atom is -0.337 e. The van der Waals surface area contributed by atoms with Gasteiger partial charge in [-0.15, -0.1) is 12.4 Å². The first-order valence-corrected chi connectivity index (χ1v) is 11.4. The Hall–Kier alpha value is -0.670. The molecule has 1 atom stereocenters. The van der Waals surface area contributed by atoms with Crippen LogP contribution < -0.4 is 5.32 Å². The van der Waals surface area contributed by atoms with Crippen molar-refractivity contribution in [3.63, 3.8) is 0 Å². The summed E-state index contributed by atoms with van der Waals surface area (Å²) >= 11 is 0. The SMILES string of the molecule is Cl.Cn1ccnc1C1CNCCN1S(=O)(=O)N1CCC2(CCCCC2)CC1. The van der Waals surface area contributed by atoms with Gasteiger partial charge in [-0.1, -0.05) is 19.3 Å². The van der Waals surface area contributed by atoms with Gasteiger partial charge in [0.05, 0.1) is 6.04 Å². The lowest BCUT2D eigenvalue weighted by atomic mass is 9.68. The van der Waals surface area contributed by atoms with Gasteiger partial charge in [0, 0.05) is 52.2 Å². The van der Waals surface area contributed by atoms with Crippen LogP contribution >= 0.6 is 12.4 Å². The molecule has 3 fully saturated rings. The number of nitrogens with one attached hydrogen (secondary N) is 1. The summed E-state index contributed by atoms with van der Waals surface area (Å²) in [6, 6.07) is -0.237. The molecule has 1 unspecified atom stereocenters. The quantitative estimate of drug-likeness (QED) is 0.817. The zero-order valence-corrected chi connectivity index (χ0v) is 17.8. The molecular formula is C18H32ClN5O2S. The van der Waals surface area contributed by atoms with Gasteiger partial charge in [-0.25, -0.2) is 4.98 Å². The molecule has 2 aliphatic heterocycles. The predicted octanol–water partition coefficient (Wildman–Crippen LogP) is 2.08. The van der Waals surface area contributed by atoms with Crippen LogP contribution in [0.4, 0.5) is 0 Å². The van der Waals surface area contributed by atoms with E-state index in [0.717, 1.165) is 18.7 Å². The molecule has 0 amide bonds. The summed E-state index contributed by atoms with van der Waals surface area (Å²) in [5, 5.41) is 3.32. The number of rotatable bonds is 3. The van der Waals surface area contributed by atoms with Crippen LogP contribution in [0.2, 0.25) is 0 Å². The Balaban J connectivity index is 0.00000210.